The van der Waals surface area contributed by atoms with Gasteiger partial charge in [-0.1, -0.05) is 13.3 Å². The Bertz CT molecular complexity index is 844. The molecule has 0 bridgehead atoms. The van der Waals surface area contributed by atoms with Crippen LogP contribution in [0.1, 0.15) is 62.4 Å². The van der Waals surface area contributed by atoms with Crippen molar-refractivity contribution in [3.63, 3.8) is 0 Å². The molecule has 2 aromatic rings. The Morgan fingerprint density at radius 3 is 3.07 bits per heavy atom. The van der Waals surface area contributed by atoms with Crippen molar-refractivity contribution >= 4 is 17.0 Å². The van der Waals surface area contributed by atoms with Crippen LogP contribution >= 0.6 is 0 Å². The van der Waals surface area contributed by atoms with E-state index < -0.39 is 0 Å². The topological polar surface area (TPSA) is 68.6 Å². The van der Waals surface area contributed by atoms with E-state index in [-0.39, 0.29) is 18.4 Å². The lowest BCUT2D eigenvalue weighted by molar-refractivity contribution is -0.0366. The first-order chi connectivity index (χ1) is 14.2. The van der Waals surface area contributed by atoms with Crippen LogP contribution < -0.4 is 5.32 Å². The second-order valence-corrected chi connectivity index (χ2v) is 8.10. The van der Waals surface area contributed by atoms with Crippen molar-refractivity contribution < 1.29 is 14.3 Å². The van der Waals surface area contributed by atoms with E-state index in [0.717, 1.165) is 49.7 Å². The third-order valence-electron chi connectivity index (χ3n) is 5.94. The van der Waals surface area contributed by atoms with Crippen molar-refractivity contribution in [3.8, 4) is 0 Å². The summed E-state index contributed by atoms with van der Waals surface area (Å²) < 4.78 is 13.4. The van der Waals surface area contributed by atoms with Crippen LogP contribution in [0.4, 0.5) is 4.79 Å². The third-order valence-corrected chi connectivity index (χ3v) is 5.94. The van der Waals surface area contributed by atoms with E-state index in [2.05, 4.69) is 36.4 Å². The Hall–Kier alpha value is -2.12. The van der Waals surface area contributed by atoms with Gasteiger partial charge in [-0.15, -0.1) is 0 Å². The lowest BCUT2D eigenvalue weighted by atomic mass is 9.97. The van der Waals surface area contributed by atoms with Gasteiger partial charge in [-0.2, -0.15) is 5.10 Å². The van der Waals surface area contributed by atoms with Crippen molar-refractivity contribution in [2.45, 2.75) is 58.2 Å². The Labute approximate surface area is 172 Å². The van der Waals surface area contributed by atoms with Gasteiger partial charge in [0.25, 0.3) is 0 Å². The fraction of sp³-hybridized carbons (Fsp3) is 0.636. The van der Waals surface area contributed by atoms with Gasteiger partial charge in [0.1, 0.15) is 0 Å². The van der Waals surface area contributed by atoms with Crippen LogP contribution in [0.2, 0.25) is 0 Å². The zero-order valence-corrected chi connectivity index (χ0v) is 17.5. The third kappa shape index (κ3) is 4.41. The van der Waals surface area contributed by atoms with E-state index in [1.807, 2.05) is 15.8 Å². The van der Waals surface area contributed by atoms with Gasteiger partial charge in [0.15, 0.2) is 6.23 Å². The molecule has 0 radical (unpaired) electrons. The summed E-state index contributed by atoms with van der Waals surface area (Å²) in [5.74, 6) is 0. The second-order valence-electron chi connectivity index (χ2n) is 8.10. The van der Waals surface area contributed by atoms with Gasteiger partial charge in [-0.3, -0.25) is 0 Å². The van der Waals surface area contributed by atoms with E-state index in [9.17, 15) is 4.79 Å². The summed E-state index contributed by atoms with van der Waals surface area (Å²) in [6.45, 7) is 7.60. The zero-order valence-electron chi connectivity index (χ0n) is 17.5. The monoisotopic (exact) mass is 400 g/mol. The molecular weight excluding hydrogens is 368 g/mol. The number of ether oxygens (including phenoxy) is 2. The summed E-state index contributed by atoms with van der Waals surface area (Å²) in [4.78, 5) is 14.2. The number of carbonyl (C=O) groups is 1. The number of unbranched alkanes of at least 4 members (excludes halogenated alkanes) is 1. The van der Waals surface area contributed by atoms with Crippen LogP contribution in [0.5, 0.6) is 0 Å². The number of amides is 1. The number of benzene rings is 1. The zero-order chi connectivity index (χ0) is 20.2. The van der Waals surface area contributed by atoms with Crippen LogP contribution in [0.25, 0.3) is 10.9 Å². The summed E-state index contributed by atoms with van der Waals surface area (Å²) in [6, 6.07) is 4.51. The van der Waals surface area contributed by atoms with Gasteiger partial charge in [0.2, 0.25) is 0 Å². The molecule has 1 aromatic heterocycles. The van der Waals surface area contributed by atoms with Crippen LogP contribution in [0.15, 0.2) is 18.3 Å². The van der Waals surface area contributed by atoms with Crippen LogP contribution in [0.3, 0.4) is 0 Å². The summed E-state index contributed by atoms with van der Waals surface area (Å²) >= 11 is 0. The average molecular weight is 401 g/mol. The molecule has 1 amide bonds. The first-order valence-corrected chi connectivity index (χ1v) is 10.9. The summed E-state index contributed by atoms with van der Waals surface area (Å²) in [5.41, 5.74) is 3.53. The maximum atomic E-state index is 12.4. The quantitative estimate of drug-likeness (QED) is 0.771. The highest BCUT2D eigenvalue weighted by atomic mass is 16.6. The largest absolute Gasteiger partial charge is 0.449 e. The molecule has 158 valence electrons. The van der Waals surface area contributed by atoms with Gasteiger partial charge < -0.3 is 19.7 Å². The normalized spacial score (nSPS) is 22.8. The fourth-order valence-corrected chi connectivity index (χ4v) is 4.26. The summed E-state index contributed by atoms with van der Waals surface area (Å²) in [7, 11) is 0. The van der Waals surface area contributed by atoms with Crippen molar-refractivity contribution in [2.24, 2.45) is 0 Å². The van der Waals surface area contributed by atoms with Crippen molar-refractivity contribution in [1.82, 2.24) is 20.0 Å². The first-order valence-electron chi connectivity index (χ1n) is 10.9. The molecule has 7 heteroatoms. The lowest BCUT2D eigenvalue weighted by Gasteiger charge is -2.34. The van der Waals surface area contributed by atoms with Crippen LogP contribution in [-0.4, -0.2) is 53.6 Å². The number of carbonyl (C=O) groups excluding carboxylic acids is 1. The molecule has 29 heavy (non-hydrogen) atoms. The maximum absolute atomic E-state index is 12.4. The molecule has 2 atom stereocenters. The second kappa shape index (κ2) is 9.13. The van der Waals surface area contributed by atoms with Crippen LogP contribution in [0, 0.1) is 6.92 Å². The van der Waals surface area contributed by atoms with E-state index in [0.29, 0.717) is 19.7 Å². The number of aromatic nitrogens is 2. The summed E-state index contributed by atoms with van der Waals surface area (Å²) in [6.07, 6.45) is 7.01. The smallest absolute Gasteiger partial charge is 0.409 e. The maximum Gasteiger partial charge on any atom is 0.409 e. The minimum atomic E-state index is -0.203. The molecule has 4 rings (SSSR count). The predicted octanol–water partition coefficient (Wildman–Crippen LogP) is 3.93. The van der Waals surface area contributed by atoms with E-state index in [1.54, 1.807) is 0 Å². The Morgan fingerprint density at radius 2 is 2.28 bits per heavy atom. The molecule has 2 saturated heterocycles. The predicted molar refractivity (Wildman–Crippen MR) is 112 cm³/mol. The van der Waals surface area contributed by atoms with Gasteiger partial charge in [-0.05, 0) is 55.9 Å². The molecular formula is C22H32N4O3. The van der Waals surface area contributed by atoms with Crippen molar-refractivity contribution in [1.29, 1.82) is 0 Å². The fourth-order valence-electron chi connectivity index (χ4n) is 4.26. The molecule has 2 aliphatic rings. The molecule has 2 aliphatic heterocycles. The van der Waals surface area contributed by atoms with Crippen LogP contribution in [-0.2, 0) is 9.47 Å². The number of nitrogens with one attached hydrogen (secondary N) is 1. The Balaban J connectivity index is 1.51. The number of fused-ring (bicyclic) bond motifs is 1. The average Bonchev–Trinajstić information content (AvgIpc) is 3.16. The number of rotatable bonds is 5. The van der Waals surface area contributed by atoms with E-state index in [1.165, 1.54) is 17.5 Å². The minimum Gasteiger partial charge on any atom is -0.449 e. The van der Waals surface area contributed by atoms with Gasteiger partial charge in [0.05, 0.1) is 24.4 Å². The molecule has 7 nitrogen and oxygen atoms in total. The minimum absolute atomic E-state index is 0.0349. The Morgan fingerprint density at radius 1 is 1.38 bits per heavy atom. The van der Waals surface area contributed by atoms with Gasteiger partial charge >= 0.3 is 6.09 Å². The number of hydrogen-bond donors (Lipinski definition) is 1. The lowest BCUT2D eigenvalue weighted by Crippen LogP contribution is -2.48. The van der Waals surface area contributed by atoms with Gasteiger partial charge in [0, 0.05) is 31.6 Å². The van der Waals surface area contributed by atoms with E-state index >= 15 is 0 Å². The standard InChI is InChI=1S/C22H32N4O3/c1-3-4-10-29-22(27)25-9-8-23-19(15-25)18-13-17-14-24-26(20(17)12-16(18)2)21-7-5-6-11-28-21/h12-14,19,21,23H,3-11,15H2,1-2H3. The molecule has 0 saturated carbocycles. The number of piperazine rings is 1. The molecule has 2 fully saturated rings. The van der Waals surface area contributed by atoms with Crippen molar-refractivity contribution in [2.75, 3.05) is 32.8 Å². The molecule has 2 unspecified atom stereocenters. The molecule has 1 N–H and O–H groups in total. The molecule has 0 spiro atoms. The van der Waals surface area contributed by atoms with Gasteiger partial charge in [-0.25, -0.2) is 9.48 Å². The van der Waals surface area contributed by atoms with E-state index in [4.69, 9.17) is 9.47 Å². The van der Waals surface area contributed by atoms with Crippen molar-refractivity contribution in [3.05, 3.63) is 29.5 Å². The first kappa shape index (κ1) is 20.2. The molecule has 0 aliphatic carbocycles. The highest BCUT2D eigenvalue weighted by molar-refractivity contribution is 5.81. The number of hydrogen-bond acceptors (Lipinski definition) is 5. The number of aryl methyl sites for hydroxylation is 1. The SMILES string of the molecule is CCCCOC(=O)N1CCNC(c2cc3cnn(C4CCCCO4)c3cc2C)C1. The number of nitrogens with zero attached hydrogens (tertiary/aromatic N) is 3. The summed E-state index contributed by atoms with van der Waals surface area (Å²) in [5, 5.41) is 9.29. The molecule has 3 heterocycles. The molecule has 1 aromatic carbocycles. The Kier molecular flexibility index (Phi) is 6.35. The highest BCUT2D eigenvalue weighted by Crippen LogP contribution is 2.30. The highest BCUT2D eigenvalue weighted by Gasteiger charge is 2.27.